The molecule has 0 radical (unpaired) electrons. The first-order valence-electron chi connectivity index (χ1n) is 4.49. The average Bonchev–Trinajstić information content (AvgIpc) is 2.08. The Morgan fingerprint density at radius 2 is 1.32 bits per heavy atom. The van der Waals surface area contributed by atoms with Crippen LogP contribution in [0.1, 0.15) is 0 Å². The van der Waals surface area contributed by atoms with E-state index in [9.17, 15) is 30.0 Å². The number of sulfonamides is 3. The Morgan fingerprint density at radius 1 is 1.00 bits per heavy atom. The third kappa shape index (κ3) is 3.32. The first kappa shape index (κ1) is 18.0. The van der Waals surface area contributed by atoms with Crippen molar-refractivity contribution in [3.8, 4) is 0 Å². The maximum Gasteiger partial charge on any atom is 0.370 e. The van der Waals surface area contributed by atoms with Gasteiger partial charge in [-0.3, -0.25) is 0 Å². The largest absolute Gasteiger partial charge is 0.431 e. The van der Waals surface area contributed by atoms with Gasteiger partial charge in [0.05, 0.1) is 25.0 Å². The maximum atomic E-state index is 11.7. The standard InChI is InChI=1S/C7H14NO8S3/c1-5-16-7(9)6-8(17(2,10)11,18(3,12)13)19(4,14)15/h5H,1,6H2,2-4H3/q+1. The third-order valence-corrected chi connectivity index (χ3v) is 10.3. The number of carbonyl (C=O) groups is 1. The molecule has 0 aromatic rings. The van der Waals surface area contributed by atoms with Crippen molar-refractivity contribution in [2.24, 2.45) is 0 Å². The first-order chi connectivity index (χ1) is 8.20. The number of hydrogen-bond acceptors (Lipinski definition) is 8. The molecule has 112 valence electrons. The summed E-state index contributed by atoms with van der Waals surface area (Å²) < 4.78 is 71.8. The van der Waals surface area contributed by atoms with Crippen LogP contribution in [0.25, 0.3) is 0 Å². The summed E-state index contributed by atoms with van der Waals surface area (Å²) in [5.41, 5.74) is 0. The Hall–Kier alpha value is -0.980. The van der Waals surface area contributed by atoms with Crippen molar-refractivity contribution in [1.82, 2.24) is 0 Å². The number of hydrogen-bond donors (Lipinski definition) is 0. The smallest absolute Gasteiger partial charge is 0.370 e. The molecule has 9 nitrogen and oxygen atoms in total. The highest BCUT2D eigenvalue weighted by molar-refractivity contribution is 8.09. The zero-order chi connectivity index (χ0) is 15.7. The van der Waals surface area contributed by atoms with Gasteiger partial charge in [-0.1, -0.05) is 6.58 Å². The third-order valence-electron chi connectivity index (χ3n) is 2.05. The fraction of sp³-hybridized carbons (Fsp3) is 0.571. The Labute approximate surface area is 112 Å². The SMILES string of the molecule is C=COC(=O)C[N+](S(C)(=O)=O)(S(C)(=O)=O)S(C)(=O)=O. The fourth-order valence-corrected chi connectivity index (χ4v) is 8.30. The van der Waals surface area contributed by atoms with E-state index in [2.05, 4.69) is 11.3 Å². The first-order valence-corrected chi connectivity index (χ1v) is 10.0. The summed E-state index contributed by atoms with van der Waals surface area (Å²) in [6, 6.07) is 0. The van der Waals surface area contributed by atoms with E-state index in [4.69, 9.17) is 0 Å². The van der Waals surface area contributed by atoms with Crippen LogP contribution in [-0.4, -0.2) is 59.2 Å². The summed E-state index contributed by atoms with van der Waals surface area (Å²) in [6.07, 6.45) is 1.83. The lowest BCUT2D eigenvalue weighted by Gasteiger charge is -2.28. The van der Waals surface area contributed by atoms with Gasteiger partial charge < -0.3 is 4.74 Å². The van der Waals surface area contributed by atoms with Crippen molar-refractivity contribution in [3.05, 3.63) is 12.8 Å². The van der Waals surface area contributed by atoms with Crippen molar-refractivity contribution >= 4 is 36.0 Å². The van der Waals surface area contributed by atoms with E-state index in [1.54, 1.807) is 0 Å². The van der Waals surface area contributed by atoms with Gasteiger partial charge in [0.25, 0.3) is 0 Å². The van der Waals surface area contributed by atoms with E-state index in [0.29, 0.717) is 25.0 Å². The lowest BCUT2D eigenvalue weighted by Crippen LogP contribution is -2.61. The van der Waals surface area contributed by atoms with Crippen LogP contribution in [0.15, 0.2) is 12.8 Å². The number of esters is 1. The molecule has 0 fully saturated rings. The fourth-order valence-electron chi connectivity index (χ4n) is 1.38. The van der Waals surface area contributed by atoms with Crippen molar-refractivity contribution in [2.45, 2.75) is 0 Å². The van der Waals surface area contributed by atoms with Crippen LogP contribution < -0.4 is 0 Å². The van der Waals surface area contributed by atoms with Crippen molar-refractivity contribution in [3.63, 3.8) is 0 Å². The van der Waals surface area contributed by atoms with Crippen LogP contribution in [0.2, 0.25) is 0 Å². The Balaban J connectivity index is 6.48. The van der Waals surface area contributed by atoms with E-state index >= 15 is 0 Å². The molecule has 0 unspecified atom stereocenters. The highest BCUT2D eigenvalue weighted by Crippen LogP contribution is 2.26. The van der Waals surface area contributed by atoms with Crippen LogP contribution in [0.4, 0.5) is 0 Å². The quantitative estimate of drug-likeness (QED) is 0.321. The lowest BCUT2D eigenvalue weighted by molar-refractivity contribution is -0.513. The Morgan fingerprint density at radius 3 is 1.53 bits per heavy atom. The predicted octanol–water partition coefficient (Wildman–Crippen LogP) is -1.63. The summed E-state index contributed by atoms with van der Waals surface area (Å²) >= 11 is 0. The van der Waals surface area contributed by atoms with Gasteiger partial charge in [-0.05, 0) is 2.70 Å². The van der Waals surface area contributed by atoms with Crippen molar-refractivity contribution in [1.29, 1.82) is 0 Å². The van der Waals surface area contributed by atoms with Crippen LogP contribution in [0.3, 0.4) is 0 Å². The van der Waals surface area contributed by atoms with Crippen LogP contribution in [0, 0.1) is 0 Å². The van der Waals surface area contributed by atoms with Crippen molar-refractivity contribution < 1.29 is 37.5 Å². The molecule has 0 aliphatic carbocycles. The number of ether oxygens (including phenoxy) is 1. The highest BCUT2D eigenvalue weighted by Gasteiger charge is 2.59. The molecule has 0 spiro atoms. The van der Waals surface area contributed by atoms with Crippen molar-refractivity contribution in [2.75, 3.05) is 25.3 Å². The topological polar surface area (TPSA) is 129 Å². The van der Waals surface area contributed by atoms with Gasteiger partial charge in [-0.15, -0.1) is 0 Å². The molecule has 0 atom stereocenters. The number of nitrogens with zero attached hydrogens (tertiary/aromatic N) is 1. The van der Waals surface area contributed by atoms with Gasteiger partial charge in [-0.25, -0.2) is 4.79 Å². The van der Waals surface area contributed by atoms with Gasteiger partial charge in [0.2, 0.25) is 6.54 Å². The minimum absolute atomic E-state index is 0.399. The summed E-state index contributed by atoms with van der Waals surface area (Å²) in [7, 11) is -14.2. The van der Waals surface area contributed by atoms with Gasteiger partial charge in [-0.2, -0.15) is 25.3 Å². The molecule has 0 saturated carbocycles. The zero-order valence-electron chi connectivity index (χ0n) is 10.4. The second kappa shape index (κ2) is 5.19. The molecule has 0 bridgehead atoms. The van der Waals surface area contributed by atoms with Gasteiger partial charge in [0.15, 0.2) is 0 Å². The van der Waals surface area contributed by atoms with E-state index in [1.807, 2.05) is 0 Å². The molecule has 0 aromatic heterocycles. The van der Waals surface area contributed by atoms with E-state index < -0.39 is 45.3 Å². The summed E-state index contributed by atoms with van der Waals surface area (Å²) in [5.74, 6) is -1.36. The Bertz CT molecular complexity index is 606. The number of quaternary nitrogens is 1. The average molecular weight is 336 g/mol. The molecular weight excluding hydrogens is 322 g/mol. The Kier molecular flexibility index (Phi) is 4.92. The van der Waals surface area contributed by atoms with Gasteiger partial charge in [0, 0.05) is 0 Å². The second-order valence-electron chi connectivity index (χ2n) is 3.62. The van der Waals surface area contributed by atoms with Gasteiger partial charge in [0.1, 0.15) is 0 Å². The van der Waals surface area contributed by atoms with Crippen LogP contribution in [-0.2, 0) is 39.6 Å². The normalized spacial score (nSPS) is 13.8. The van der Waals surface area contributed by atoms with Gasteiger partial charge >= 0.3 is 36.0 Å². The minimum Gasteiger partial charge on any atom is -0.431 e. The van der Waals surface area contributed by atoms with Crippen LogP contribution >= 0.6 is 0 Å². The van der Waals surface area contributed by atoms with E-state index in [0.717, 1.165) is 0 Å². The van der Waals surface area contributed by atoms with Crippen LogP contribution in [0.5, 0.6) is 0 Å². The molecule has 0 heterocycles. The minimum atomic E-state index is -4.73. The highest BCUT2D eigenvalue weighted by atomic mass is 32.3. The predicted molar refractivity (Wildman–Crippen MR) is 65.9 cm³/mol. The summed E-state index contributed by atoms with van der Waals surface area (Å²) in [5, 5.41) is 0. The number of carbonyl (C=O) groups excluding carboxylic acids is 1. The molecule has 0 aliphatic heterocycles. The molecule has 0 aliphatic rings. The molecule has 12 heteroatoms. The molecular formula is C7H14NO8S3+. The lowest BCUT2D eigenvalue weighted by atomic mass is 10.7. The summed E-state index contributed by atoms with van der Waals surface area (Å²) in [4.78, 5) is 11.3. The molecule has 0 rings (SSSR count). The monoisotopic (exact) mass is 336 g/mol. The molecule has 0 saturated heterocycles. The molecule has 19 heavy (non-hydrogen) atoms. The second-order valence-corrected chi connectivity index (χ2v) is 10.6. The number of rotatable bonds is 6. The maximum absolute atomic E-state index is 11.7. The van der Waals surface area contributed by atoms with E-state index in [1.165, 1.54) is 0 Å². The molecule has 0 aromatic carbocycles. The summed E-state index contributed by atoms with van der Waals surface area (Å²) in [6.45, 7) is 1.59. The molecule has 0 amide bonds. The molecule has 0 N–H and O–H groups in total. The van der Waals surface area contributed by atoms with E-state index in [-0.39, 0.29) is 0 Å². The zero-order valence-corrected chi connectivity index (χ0v) is 12.9.